The maximum atomic E-state index is 11.3. The van der Waals surface area contributed by atoms with Crippen LogP contribution in [0.5, 0.6) is 11.5 Å². The number of hydrogen-bond acceptors (Lipinski definition) is 4. The van der Waals surface area contributed by atoms with Crippen molar-refractivity contribution in [2.75, 3.05) is 25.0 Å². The Labute approximate surface area is 115 Å². The van der Waals surface area contributed by atoms with Crippen molar-refractivity contribution >= 4 is 17.7 Å². The number of nitrogens with zero attached hydrogens (tertiary/aromatic N) is 1. The molecule has 0 radical (unpaired) electrons. The van der Waals surface area contributed by atoms with Crippen LogP contribution in [-0.2, 0) is 4.79 Å². The molecule has 0 aromatic heterocycles. The van der Waals surface area contributed by atoms with Gasteiger partial charge < -0.3 is 24.8 Å². The Morgan fingerprint density at radius 1 is 1.50 bits per heavy atom. The van der Waals surface area contributed by atoms with Crippen LogP contribution in [0.4, 0.5) is 10.5 Å². The number of carbonyl (C=O) groups excluding carboxylic acids is 1. The lowest BCUT2D eigenvalue weighted by Gasteiger charge is -2.20. The lowest BCUT2D eigenvalue weighted by molar-refractivity contribution is -0.118. The van der Waals surface area contributed by atoms with Gasteiger partial charge in [0.25, 0.3) is 5.91 Å². The third kappa shape index (κ3) is 2.47. The van der Waals surface area contributed by atoms with Gasteiger partial charge in [0.15, 0.2) is 6.61 Å². The largest absolute Gasteiger partial charge is 0.488 e. The molecule has 0 spiro atoms. The fraction of sp³-hybridized carbons (Fsp3) is 0.385. The summed E-state index contributed by atoms with van der Waals surface area (Å²) in [7, 11) is 0. The number of anilines is 1. The second kappa shape index (κ2) is 4.92. The smallest absolute Gasteiger partial charge is 0.407 e. The number of nitrogens with one attached hydrogen (secondary N) is 1. The predicted octanol–water partition coefficient (Wildman–Crippen LogP) is 1.15. The van der Waals surface area contributed by atoms with E-state index in [1.54, 1.807) is 18.2 Å². The molecule has 2 aliphatic rings. The van der Waals surface area contributed by atoms with Gasteiger partial charge in [-0.1, -0.05) is 0 Å². The van der Waals surface area contributed by atoms with Gasteiger partial charge in [0.05, 0.1) is 12.2 Å². The van der Waals surface area contributed by atoms with E-state index in [0.29, 0.717) is 36.7 Å². The molecule has 1 atom stereocenters. The standard InChI is InChI=1S/C13H14N2O5/c16-12-7-19-11-2-1-8(5-10(11)14-12)20-9-3-4-15(6-9)13(17)18/h1-2,5,9H,3-4,6-7H2,(H,14,16)(H,17,18)/t9-/m0/s1. The lowest BCUT2D eigenvalue weighted by Crippen LogP contribution is -2.29. The minimum Gasteiger partial charge on any atom is -0.488 e. The fourth-order valence-electron chi connectivity index (χ4n) is 2.33. The Balaban J connectivity index is 1.68. The van der Waals surface area contributed by atoms with E-state index < -0.39 is 6.09 Å². The van der Waals surface area contributed by atoms with Gasteiger partial charge in [0, 0.05) is 19.0 Å². The van der Waals surface area contributed by atoms with Crippen LogP contribution in [0.1, 0.15) is 6.42 Å². The molecule has 106 valence electrons. The minimum absolute atomic E-state index is 0.0173. The first-order chi connectivity index (χ1) is 9.61. The quantitative estimate of drug-likeness (QED) is 0.847. The number of ether oxygens (including phenoxy) is 2. The summed E-state index contributed by atoms with van der Waals surface area (Å²) in [6, 6.07) is 5.17. The van der Waals surface area contributed by atoms with Gasteiger partial charge in [-0.15, -0.1) is 0 Å². The zero-order valence-electron chi connectivity index (χ0n) is 10.7. The zero-order chi connectivity index (χ0) is 14.1. The summed E-state index contributed by atoms with van der Waals surface area (Å²) in [5.74, 6) is 0.995. The highest BCUT2D eigenvalue weighted by Gasteiger charge is 2.27. The number of benzene rings is 1. The summed E-state index contributed by atoms with van der Waals surface area (Å²) >= 11 is 0. The van der Waals surface area contributed by atoms with Gasteiger partial charge in [0.2, 0.25) is 0 Å². The molecule has 7 heteroatoms. The third-order valence-corrected chi connectivity index (χ3v) is 3.30. The molecule has 20 heavy (non-hydrogen) atoms. The Bertz CT molecular complexity index is 560. The molecule has 2 aliphatic heterocycles. The van der Waals surface area contributed by atoms with Crippen molar-refractivity contribution in [3.05, 3.63) is 18.2 Å². The molecule has 0 saturated carbocycles. The Morgan fingerprint density at radius 2 is 2.35 bits per heavy atom. The number of rotatable bonds is 2. The molecular weight excluding hydrogens is 264 g/mol. The molecule has 0 bridgehead atoms. The zero-order valence-corrected chi connectivity index (χ0v) is 10.7. The van der Waals surface area contributed by atoms with Crippen LogP contribution in [0.3, 0.4) is 0 Å². The molecule has 1 aromatic rings. The van der Waals surface area contributed by atoms with E-state index in [9.17, 15) is 9.59 Å². The van der Waals surface area contributed by atoms with Crippen LogP contribution in [-0.4, -0.2) is 47.8 Å². The normalized spacial score (nSPS) is 20.9. The number of hydrogen-bond donors (Lipinski definition) is 2. The van der Waals surface area contributed by atoms with Gasteiger partial charge in [-0.05, 0) is 12.1 Å². The number of likely N-dealkylation sites (tertiary alicyclic amines) is 1. The SMILES string of the molecule is O=C1COc2ccc(O[C@H]3CCN(C(=O)O)C3)cc2N1. The number of carbonyl (C=O) groups is 2. The summed E-state index contributed by atoms with van der Waals surface area (Å²) in [4.78, 5) is 23.4. The number of fused-ring (bicyclic) bond motifs is 1. The van der Waals surface area contributed by atoms with Crippen molar-refractivity contribution in [3.8, 4) is 11.5 Å². The molecule has 2 amide bonds. The fourth-order valence-corrected chi connectivity index (χ4v) is 2.33. The van der Waals surface area contributed by atoms with E-state index in [0.717, 1.165) is 0 Å². The third-order valence-electron chi connectivity index (χ3n) is 3.30. The van der Waals surface area contributed by atoms with Crippen LogP contribution in [0, 0.1) is 0 Å². The Kier molecular flexibility index (Phi) is 3.09. The first-order valence-corrected chi connectivity index (χ1v) is 6.33. The van der Waals surface area contributed by atoms with Crippen molar-refractivity contribution < 1.29 is 24.2 Å². The van der Waals surface area contributed by atoms with Crippen LogP contribution >= 0.6 is 0 Å². The van der Waals surface area contributed by atoms with Crippen molar-refractivity contribution in [3.63, 3.8) is 0 Å². The minimum atomic E-state index is -0.929. The second-order valence-corrected chi connectivity index (χ2v) is 4.75. The molecule has 3 rings (SSSR count). The van der Waals surface area contributed by atoms with E-state index in [2.05, 4.69) is 5.32 Å². The first-order valence-electron chi connectivity index (χ1n) is 6.33. The van der Waals surface area contributed by atoms with Crippen LogP contribution in [0.15, 0.2) is 18.2 Å². The maximum Gasteiger partial charge on any atom is 0.407 e. The summed E-state index contributed by atoms with van der Waals surface area (Å²) in [6.45, 7) is 0.851. The molecule has 0 unspecified atom stereocenters. The Morgan fingerprint density at radius 3 is 3.10 bits per heavy atom. The average Bonchev–Trinajstić information content (AvgIpc) is 2.87. The predicted molar refractivity (Wildman–Crippen MR) is 69.2 cm³/mol. The lowest BCUT2D eigenvalue weighted by atomic mass is 10.2. The van der Waals surface area contributed by atoms with Gasteiger partial charge in [-0.3, -0.25) is 4.79 Å². The molecule has 1 saturated heterocycles. The molecule has 2 heterocycles. The van der Waals surface area contributed by atoms with Gasteiger partial charge >= 0.3 is 6.09 Å². The van der Waals surface area contributed by atoms with Crippen molar-refractivity contribution in [1.82, 2.24) is 4.90 Å². The van der Waals surface area contributed by atoms with Gasteiger partial charge in [0.1, 0.15) is 17.6 Å². The van der Waals surface area contributed by atoms with E-state index in [4.69, 9.17) is 14.6 Å². The van der Waals surface area contributed by atoms with Crippen LogP contribution in [0.25, 0.3) is 0 Å². The highest BCUT2D eigenvalue weighted by molar-refractivity contribution is 5.95. The van der Waals surface area contributed by atoms with Crippen molar-refractivity contribution in [2.45, 2.75) is 12.5 Å². The summed E-state index contributed by atoms with van der Waals surface area (Å²) < 4.78 is 11.0. The van der Waals surface area contributed by atoms with E-state index in [-0.39, 0.29) is 18.6 Å². The van der Waals surface area contributed by atoms with Crippen molar-refractivity contribution in [1.29, 1.82) is 0 Å². The summed E-state index contributed by atoms with van der Waals surface area (Å²) in [6.07, 6.45) is -0.432. The first kappa shape index (κ1) is 12.6. The molecule has 0 aliphatic carbocycles. The van der Waals surface area contributed by atoms with Crippen molar-refractivity contribution in [2.24, 2.45) is 0 Å². The molecule has 1 aromatic carbocycles. The maximum absolute atomic E-state index is 11.3. The molecule has 7 nitrogen and oxygen atoms in total. The van der Waals surface area contributed by atoms with Crippen LogP contribution in [0.2, 0.25) is 0 Å². The van der Waals surface area contributed by atoms with Gasteiger partial charge in [-0.25, -0.2) is 4.79 Å². The molecular formula is C13H14N2O5. The number of carboxylic acid groups (broad SMARTS) is 1. The summed E-state index contributed by atoms with van der Waals surface area (Å²) in [5.41, 5.74) is 0.576. The Hall–Kier alpha value is -2.44. The van der Waals surface area contributed by atoms with E-state index in [1.165, 1.54) is 4.90 Å². The monoisotopic (exact) mass is 278 g/mol. The van der Waals surface area contributed by atoms with E-state index >= 15 is 0 Å². The highest BCUT2D eigenvalue weighted by Crippen LogP contribution is 2.32. The van der Waals surface area contributed by atoms with Crippen LogP contribution < -0.4 is 14.8 Å². The summed E-state index contributed by atoms with van der Waals surface area (Å²) in [5, 5.41) is 11.6. The highest BCUT2D eigenvalue weighted by atomic mass is 16.5. The average molecular weight is 278 g/mol. The molecule has 1 fully saturated rings. The van der Waals surface area contributed by atoms with Gasteiger partial charge in [-0.2, -0.15) is 0 Å². The number of amides is 2. The second-order valence-electron chi connectivity index (χ2n) is 4.75. The molecule has 2 N–H and O–H groups in total. The topological polar surface area (TPSA) is 88.1 Å². The van der Waals surface area contributed by atoms with E-state index in [1.807, 2.05) is 0 Å².